The van der Waals surface area contributed by atoms with Gasteiger partial charge in [-0.15, -0.1) is 0 Å². The monoisotopic (exact) mass is 530 g/mol. The highest BCUT2D eigenvalue weighted by atomic mass is 28.4. The summed E-state index contributed by atoms with van der Waals surface area (Å²) in [7, 11) is -2.53. The van der Waals surface area contributed by atoms with Crippen molar-refractivity contribution in [1.29, 1.82) is 0 Å². The summed E-state index contributed by atoms with van der Waals surface area (Å²) in [5.74, 6) is -0.451. The molecule has 0 saturated carbocycles. The number of esters is 1. The molecular weight excluding hydrogens is 488 g/mol. The minimum absolute atomic E-state index is 0.0534. The first-order valence-corrected chi connectivity index (χ1v) is 14.7. The van der Waals surface area contributed by atoms with Gasteiger partial charge in [0.05, 0.1) is 59.5 Å². The molecule has 204 valence electrons. The predicted octanol–water partition coefficient (Wildman–Crippen LogP) is 3.36. The molecule has 0 radical (unpaired) electrons. The van der Waals surface area contributed by atoms with Crippen LogP contribution in [-0.2, 0) is 32.9 Å². The zero-order valence-corrected chi connectivity index (χ0v) is 23.5. The Labute approximate surface area is 222 Å². The van der Waals surface area contributed by atoms with Gasteiger partial charge in [0.1, 0.15) is 6.61 Å². The molecule has 0 fully saturated rings. The van der Waals surface area contributed by atoms with E-state index in [1.54, 1.807) is 0 Å². The number of benzene rings is 2. The largest absolute Gasteiger partial charge is 0.460 e. The van der Waals surface area contributed by atoms with Gasteiger partial charge in [0, 0.05) is 6.08 Å². The second kappa shape index (κ2) is 17.2. The van der Waals surface area contributed by atoms with Crippen LogP contribution in [0.15, 0.2) is 73.3 Å². The van der Waals surface area contributed by atoms with Crippen LogP contribution in [0.4, 0.5) is 0 Å². The third kappa shape index (κ3) is 10.5. The number of carbonyl (C=O) groups is 1. The van der Waals surface area contributed by atoms with Crippen LogP contribution in [0.3, 0.4) is 0 Å². The van der Waals surface area contributed by atoms with Crippen molar-refractivity contribution in [3.05, 3.63) is 73.3 Å². The molecule has 0 unspecified atom stereocenters. The summed E-state index contributed by atoms with van der Waals surface area (Å²) in [5, 5.41) is 2.47. The maximum Gasteiger partial charge on any atom is 0.330 e. The second-order valence-corrected chi connectivity index (χ2v) is 13.6. The van der Waals surface area contributed by atoms with Gasteiger partial charge in [-0.25, -0.2) is 4.79 Å². The number of hydrogen-bond donors (Lipinski definition) is 0. The standard InChI is InChI=1S/C29H42O7Si/c1-5-28(30)35-24-22-33-20-18-31-16-17-32-19-21-34-23-25-36-37(29(2,3)4,26-12-8-6-9-13-26)27-14-10-7-11-15-27/h5-15H,1,16-25H2,2-4H3. The second-order valence-electron chi connectivity index (χ2n) is 9.33. The van der Waals surface area contributed by atoms with Gasteiger partial charge < -0.3 is 28.1 Å². The van der Waals surface area contributed by atoms with E-state index < -0.39 is 14.3 Å². The summed E-state index contributed by atoms with van der Waals surface area (Å²) in [5.41, 5.74) is 0. The summed E-state index contributed by atoms with van der Waals surface area (Å²) >= 11 is 0. The molecule has 0 aliphatic heterocycles. The summed E-state index contributed by atoms with van der Waals surface area (Å²) < 4.78 is 33.7. The molecule has 7 nitrogen and oxygen atoms in total. The molecule has 0 amide bonds. The van der Waals surface area contributed by atoms with Gasteiger partial charge in [-0.3, -0.25) is 0 Å². The van der Waals surface area contributed by atoms with Crippen LogP contribution in [0, 0.1) is 0 Å². The average molecular weight is 531 g/mol. The maximum absolute atomic E-state index is 10.9. The van der Waals surface area contributed by atoms with E-state index >= 15 is 0 Å². The van der Waals surface area contributed by atoms with Gasteiger partial charge in [-0.1, -0.05) is 88.0 Å². The molecule has 2 aromatic carbocycles. The smallest absolute Gasteiger partial charge is 0.330 e. The van der Waals surface area contributed by atoms with Gasteiger partial charge in [-0.05, 0) is 15.4 Å². The normalized spacial score (nSPS) is 11.9. The quantitative estimate of drug-likeness (QED) is 0.119. The van der Waals surface area contributed by atoms with Crippen molar-refractivity contribution >= 4 is 24.7 Å². The first-order chi connectivity index (χ1) is 17.9. The molecule has 2 rings (SSSR count). The Morgan fingerprint density at radius 3 is 1.43 bits per heavy atom. The van der Waals surface area contributed by atoms with Crippen LogP contribution in [0.1, 0.15) is 20.8 Å². The van der Waals surface area contributed by atoms with E-state index in [0.29, 0.717) is 59.5 Å². The Kier molecular flexibility index (Phi) is 14.4. The first-order valence-electron chi connectivity index (χ1n) is 12.8. The molecule has 2 aromatic rings. The fourth-order valence-corrected chi connectivity index (χ4v) is 8.58. The van der Waals surface area contributed by atoms with Crippen LogP contribution >= 0.6 is 0 Å². The molecule has 0 spiro atoms. The van der Waals surface area contributed by atoms with E-state index in [0.717, 1.165) is 6.08 Å². The summed E-state index contributed by atoms with van der Waals surface area (Å²) in [6.07, 6.45) is 1.12. The third-order valence-corrected chi connectivity index (χ3v) is 10.8. The SMILES string of the molecule is C=CC(=O)OCCOCCOCCOCCOCCO[Si](c1ccccc1)(c1ccccc1)C(C)(C)C. The van der Waals surface area contributed by atoms with Gasteiger partial charge in [0.2, 0.25) is 0 Å². The first kappa shape index (κ1) is 30.9. The molecule has 0 saturated heterocycles. The lowest BCUT2D eigenvalue weighted by Gasteiger charge is -2.43. The molecule has 8 heteroatoms. The van der Waals surface area contributed by atoms with Crippen molar-refractivity contribution in [2.24, 2.45) is 0 Å². The molecule has 0 aromatic heterocycles. The molecule has 37 heavy (non-hydrogen) atoms. The van der Waals surface area contributed by atoms with Crippen molar-refractivity contribution < 1.29 is 32.9 Å². The summed E-state index contributed by atoms with van der Waals surface area (Å²) in [4.78, 5) is 10.9. The van der Waals surface area contributed by atoms with E-state index in [-0.39, 0.29) is 11.6 Å². The Bertz CT molecular complexity index is 845. The van der Waals surface area contributed by atoms with Crippen LogP contribution in [0.25, 0.3) is 0 Å². The minimum atomic E-state index is -2.53. The molecule has 0 aliphatic carbocycles. The maximum atomic E-state index is 10.9. The van der Waals surface area contributed by atoms with Gasteiger partial charge in [0.15, 0.2) is 0 Å². The van der Waals surface area contributed by atoms with Crippen LogP contribution < -0.4 is 10.4 Å². The highest BCUT2D eigenvalue weighted by molar-refractivity contribution is 6.99. The number of rotatable bonds is 19. The highest BCUT2D eigenvalue weighted by Crippen LogP contribution is 2.36. The van der Waals surface area contributed by atoms with E-state index in [2.05, 4.69) is 75.9 Å². The molecule has 0 heterocycles. The Morgan fingerprint density at radius 2 is 1.05 bits per heavy atom. The van der Waals surface area contributed by atoms with Gasteiger partial charge in [0.25, 0.3) is 8.32 Å². The average Bonchev–Trinajstić information content (AvgIpc) is 2.90. The lowest BCUT2D eigenvalue weighted by atomic mass is 10.2. The zero-order chi connectivity index (χ0) is 26.8. The van der Waals surface area contributed by atoms with E-state index in [4.69, 9.17) is 28.1 Å². The summed E-state index contributed by atoms with van der Waals surface area (Å²) in [6.45, 7) is 14.5. The number of ether oxygens (including phenoxy) is 5. The van der Waals surface area contributed by atoms with Gasteiger partial charge in [-0.2, -0.15) is 0 Å². The lowest BCUT2D eigenvalue weighted by molar-refractivity contribution is -0.139. The Hall–Kier alpha value is -2.33. The Morgan fingerprint density at radius 1 is 0.676 bits per heavy atom. The summed E-state index contributed by atoms with van der Waals surface area (Å²) in [6, 6.07) is 21.2. The highest BCUT2D eigenvalue weighted by Gasteiger charge is 2.49. The number of carbonyl (C=O) groups excluding carboxylic acids is 1. The molecule has 0 N–H and O–H groups in total. The third-order valence-electron chi connectivity index (χ3n) is 5.72. The van der Waals surface area contributed by atoms with Crippen molar-refractivity contribution in [1.82, 2.24) is 0 Å². The molecule has 0 aliphatic rings. The van der Waals surface area contributed by atoms with Crippen molar-refractivity contribution in [3.63, 3.8) is 0 Å². The van der Waals surface area contributed by atoms with E-state index in [1.165, 1.54) is 10.4 Å². The topological polar surface area (TPSA) is 72.5 Å². The molecule has 0 atom stereocenters. The Balaban J connectivity index is 1.63. The van der Waals surface area contributed by atoms with Crippen molar-refractivity contribution in [2.75, 3.05) is 66.1 Å². The molecular formula is C29H42O7Si. The number of hydrogen-bond acceptors (Lipinski definition) is 7. The zero-order valence-electron chi connectivity index (χ0n) is 22.5. The van der Waals surface area contributed by atoms with Crippen molar-refractivity contribution in [2.45, 2.75) is 25.8 Å². The van der Waals surface area contributed by atoms with E-state index in [9.17, 15) is 4.79 Å². The minimum Gasteiger partial charge on any atom is -0.460 e. The molecule has 0 bridgehead atoms. The fraction of sp³-hybridized carbons (Fsp3) is 0.483. The fourth-order valence-electron chi connectivity index (χ4n) is 4.04. The van der Waals surface area contributed by atoms with E-state index in [1.807, 2.05) is 12.1 Å². The van der Waals surface area contributed by atoms with Crippen LogP contribution in [0.5, 0.6) is 0 Å². The van der Waals surface area contributed by atoms with Crippen LogP contribution in [0.2, 0.25) is 5.04 Å². The predicted molar refractivity (Wildman–Crippen MR) is 148 cm³/mol. The van der Waals surface area contributed by atoms with Crippen LogP contribution in [-0.4, -0.2) is 80.4 Å². The lowest BCUT2D eigenvalue weighted by Crippen LogP contribution is -2.66. The van der Waals surface area contributed by atoms with Crippen molar-refractivity contribution in [3.8, 4) is 0 Å². The van der Waals surface area contributed by atoms with Gasteiger partial charge >= 0.3 is 5.97 Å².